The lowest BCUT2D eigenvalue weighted by atomic mass is 10.2. The average molecular weight is 276 g/mol. The van der Waals surface area contributed by atoms with Gasteiger partial charge >= 0.3 is 0 Å². The van der Waals surface area contributed by atoms with Gasteiger partial charge in [-0.3, -0.25) is 4.79 Å². The van der Waals surface area contributed by atoms with Crippen LogP contribution in [-0.2, 0) is 16.1 Å². The van der Waals surface area contributed by atoms with Crippen LogP contribution in [0.4, 0.5) is 0 Å². The molecule has 1 aromatic rings. The first-order chi connectivity index (χ1) is 9.84. The largest absolute Gasteiger partial charge is 0.377 e. The molecule has 1 aliphatic rings. The Kier molecular flexibility index (Phi) is 6.54. The maximum absolute atomic E-state index is 11.6. The summed E-state index contributed by atoms with van der Waals surface area (Å²) in [4.78, 5) is 11.6. The predicted octanol–water partition coefficient (Wildman–Crippen LogP) is 1.85. The quantitative estimate of drug-likeness (QED) is 0.713. The van der Waals surface area contributed by atoms with E-state index in [2.05, 4.69) is 10.6 Å². The summed E-state index contributed by atoms with van der Waals surface area (Å²) in [7, 11) is 0. The summed E-state index contributed by atoms with van der Waals surface area (Å²) < 4.78 is 5.72. The molecule has 20 heavy (non-hydrogen) atoms. The van der Waals surface area contributed by atoms with E-state index in [9.17, 15) is 4.79 Å². The summed E-state index contributed by atoms with van der Waals surface area (Å²) in [5, 5.41) is 6.00. The molecule has 1 aromatic carbocycles. The predicted molar refractivity (Wildman–Crippen MR) is 79.4 cm³/mol. The van der Waals surface area contributed by atoms with E-state index in [0.717, 1.165) is 12.1 Å². The highest BCUT2D eigenvalue weighted by molar-refractivity contribution is 5.77. The molecule has 0 aliphatic heterocycles. The van der Waals surface area contributed by atoms with Gasteiger partial charge in [-0.25, -0.2) is 0 Å². The van der Waals surface area contributed by atoms with Crippen molar-refractivity contribution in [3.63, 3.8) is 0 Å². The molecule has 0 atom stereocenters. The van der Waals surface area contributed by atoms with Crippen molar-refractivity contribution >= 4 is 5.91 Å². The molecule has 0 spiro atoms. The van der Waals surface area contributed by atoms with Crippen molar-refractivity contribution in [3.8, 4) is 0 Å². The lowest BCUT2D eigenvalue weighted by molar-refractivity contribution is -0.120. The number of rotatable bonds is 8. The van der Waals surface area contributed by atoms with Gasteiger partial charge in [-0.15, -0.1) is 0 Å². The van der Waals surface area contributed by atoms with E-state index in [1.807, 2.05) is 30.3 Å². The van der Waals surface area contributed by atoms with Gasteiger partial charge in [0.25, 0.3) is 0 Å². The third-order valence-corrected chi connectivity index (χ3v) is 3.55. The molecular weight excluding hydrogens is 252 g/mol. The van der Waals surface area contributed by atoms with Gasteiger partial charge in [0.2, 0.25) is 5.91 Å². The third-order valence-electron chi connectivity index (χ3n) is 3.55. The van der Waals surface area contributed by atoms with Crippen molar-refractivity contribution in [1.29, 1.82) is 0 Å². The number of hydrogen-bond acceptors (Lipinski definition) is 3. The van der Waals surface area contributed by atoms with Crippen LogP contribution in [0.1, 0.15) is 31.2 Å². The van der Waals surface area contributed by atoms with E-state index >= 15 is 0 Å². The van der Waals surface area contributed by atoms with Gasteiger partial charge in [0.1, 0.15) is 0 Å². The molecule has 2 N–H and O–H groups in total. The second-order valence-corrected chi connectivity index (χ2v) is 5.22. The van der Waals surface area contributed by atoms with Gasteiger partial charge in [0.15, 0.2) is 0 Å². The Bertz CT molecular complexity index is 389. The molecule has 110 valence electrons. The lowest BCUT2D eigenvalue weighted by Crippen LogP contribution is -2.35. The Morgan fingerprint density at radius 2 is 1.95 bits per heavy atom. The molecule has 0 unspecified atom stereocenters. The Morgan fingerprint density at radius 3 is 2.70 bits per heavy atom. The Labute approximate surface area is 120 Å². The summed E-state index contributed by atoms with van der Waals surface area (Å²) in [5.41, 5.74) is 1.12. The van der Waals surface area contributed by atoms with Crippen LogP contribution in [-0.4, -0.2) is 31.7 Å². The monoisotopic (exact) mass is 276 g/mol. The van der Waals surface area contributed by atoms with Crippen molar-refractivity contribution in [2.75, 3.05) is 19.7 Å². The van der Waals surface area contributed by atoms with Crippen molar-refractivity contribution in [2.24, 2.45) is 0 Å². The number of amides is 1. The van der Waals surface area contributed by atoms with Crippen LogP contribution in [0.5, 0.6) is 0 Å². The number of nitrogens with one attached hydrogen (secondary N) is 2. The zero-order chi connectivity index (χ0) is 14.0. The van der Waals surface area contributed by atoms with Gasteiger partial charge < -0.3 is 15.4 Å². The summed E-state index contributed by atoms with van der Waals surface area (Å²) in [6.45, 7) is 2.35. The van der Waals surface area contributed by atoms with Crippen LogP contribution in [0.3, 0.4) is 0 Å². The minimum atomic E-state index is 0.0229. The van der Waals surface area contributed by atoms with Crippen molar-refractivity contribution in [2.45, 2.75) is 38.3 Å². The van der Waals surface area contributed by atoms with Crippen LogP contribution < -0.4 is 10.6 Å². The van der Waals surface area contributed by atoms with Crippen molar-refractivity contribution in [3.05, 3.63) is 35.9 Å². The first kappa shape index (κ1) is 15.0. The van der Waals surface area contributed by atoms with Crippen molar-refractivity contribution < 1.29 is 9.53 Å². The van der Waals surface area contributed by atoms with E-state index < -0.39 is 0 Å². The zero-order valence-corrected chi connectivity index (χ0v) is 11.9. The summed E-state index contributed by atoms with van der Waals surface area (Å²) in [5.74, 6) is 0.0229. The molecule has 1 aliphatic carbocycles. The van der Waals surface area contributed by atoms with Crippen LogP contribution >= 0.6 is 0 Å². The smallest absolute Gasteiger partial charge is 0.234 e. The molecule has 1 fully saturated rings. The first-order valence-electron chi connectivity index (χ1n) is 7.47. The van der Waals surface area contributed by atoms with E-state index in [1.54, 1.807) is 0 Å². The summed E-state index contributed by atoms with van der Waals surface area (Å²) in [6.07, 6.45) is 5.42. The molecule has 0 radical (unpaired) electrons. The number of ether oxygens (including phenoxy) is 1. The molecule has 4 nitrogen and oxygen atoms in total. The molecule has 0 saturated heterocycles. The van der Waals surface area contributed by atoms with Crippen LogP contribution in [0.15, 0.2) is 30.3 Å². The minimum Gasteiger partial charge on any atom is -0.377 e. The minimum absolute atomic E-state index is 0.0229. The fourth-order valence-corrected chi connectivity index (χ4v) is 2.41. The lowest BCUT2D eigenvalue weighted by Gasteiger charge is -2.11. The standard InChI is InChI=1S/C16H24N2O2/c19-16(18-12-14-6-2-1-3-7-14)13-17-10-11-20-15-8-4-5-9-15/h1-3,6-7,15,17H,4-5,8-13H2,(H,18,19). The highest BCUT2D eigenvalue weighted by Crippen LogP contribution is 2.20. The summed E-state index contributed by atoms with van der Waals surface area (Å²) in [6, 6.07) is 9.92. The first-order valence-corrected chi connectivity index (χ1v) is 7.47. The molecule has 1 amide bonds. The van der Waals surface area contributed by atoms with Gasteiger partial charge in [0, 0.05) is 13.1 Å². The van der Waals surface area contributed by atoms with E-state index in [0.29, 0.717) is 25.8 Å². The highest BCUT2D eigenvalue weighted by Gasteiger charge is 2.14. The fourth-order valence-electron chi connectivity index (χ4n) is 2.41. The fraction of sp³-hybridized carbons (Fsp3) is 0.562. The van der Waals surface area contributed by atoms with Gasteiger partial charge in [-0.1, -0.05) is 43.2 Å². The SMILES string of the molecule is O=C(CNCCOC1CCCC1)NCc1ccccc1. The molecule has 4 heteroatoms. The van der Waals surface area contributed by atoms with Crippen LogP contribution in [0.25, 0.3) is 0 Å². The summed E-state index contributed by atoms with van der Waals surface area (Å²) >= 11 is 0. The Balaban J connectivity index is 1.47. The topological polar surface area (TPSA) is 50.4 Å². The molecular formula is C16H24N2O2. The van der Waals surface area contributed by atoms with Crippen molar-refractivity contribution in [1.82, 2.24) is 10.6 Å². The average Bonchev–Trinajstić information content (AvgIpc) is 2.99. The second kappa shape index (κ2) is 8.72. The van der Waals surface area contributed by atoms with Crippen LogP contribution in [0, 0.1) is 0 Å². The molecule has 0 bridgehead atoms. The molecule has 1 saturated carbocycles. The molecule has 0 heterocycles. The van der Waals surface area contributed by atoms with E-state index in [1.165, 1.54) is 25.7 Å². The Morgan fingerprint density at radius 1 is 1.20 bits per heavy atom. The normalized spacial score (nSPS) is 15.4. The second-order valence-electron chi connectivity index (χ2n) is 5.22. The maximum Gasteiger partial charge on any atom is 0.234 e. The van der Waals surface area contributed by atoms with Gasteiger partial charge in [0.05, 0.1) is 19.3 Å². The number of carbonyl (C=O) groups excluding carboxylic acids is 1. The van der Waals surface area contributed by atoms with Crippen LogP contribution in [0.2, 0.25) is 0 Å². The zero-order valence-electron chi connectivity index (χ0n) is 11.9. The third kappa shape index (κ3) is 5.72. The van der Waals surface area contributed by atoms with E-state index in [4.69, 9.17) is 4.74 Å². The number of hydrogen-bond donors (Lipinski definition) is 2. The number of carbonyl (C=O) groups is 1. The van der Waals surface area contributed by atoms with Gasteiger partial charge in [-0.05, 0) is 18.4 Å². The Hall–Kier alpha value is -1.39. The maximum atomic E-state index is 11.6. The van der Waals surface area contributed by atoms with E-state index in [-0.39, 0.29) is 5.91 Å². The molecule has 0 aromatic heterocycles. The highest BCUT2D eigenvalue weighted by atomic mass is 16.5. The molecule has 2 rings (SSSR count). The van der Waals surface area contributed by atoms with Gasteiger partial charge in [-0.2, -0.15) is 0 Å². The number of benzene rings is 1.